The van der Waals surface area contributed by atoms with Crippen molar-refractivity contribution in [3.63, 3.8) is 0 Å². The number of sulfonamides is 1. The lowest BCUT2D eigenvalue weighted by atomic mass is 9.84. The number of hydrogen-bond acceptors (Lipinski definition) is 4. The van der Waals surface area contributed by atoms with Crippen LogP contribution in [0.4, 0.5) is 18.9 Å². The lowest BCUT2D eigenvalue weighted by Gasteiger charge is -2.37. The Morgan fingerprint density at radius 2 is 1.65 bits per heavy atom. The molecule has 1 saturated heterocycles. The Bertz CT molecular complexity index is 1100. The number of piperazine rings is 1. The zero-order chi connectivity index (χ0) is 22.3. The number of fused-ring (bicyclic) bond motifs is 1. The minimum absolute atomic E-state index is 0.259. The van der Waals surface area contributed by atoms with Gasteiger partial charge in [-0.15, -0.1) is 0 Å². The van der Waals surface area contributed by atoms with Crippen molar-refractivity contribution >= 4 is 15.7 Å². The third kappa shape index (κ3) is 4.44. The van der Waals surface area contributed by atoms with Crippen LogP contribution in [0.5, 0.6) is 0 Å². The highest BCUT2D eigenvalue weighted by molar-refractivity contribution is 7.89. The van der Waals surface area contributed by atoms with Crippen LogP contribution in [-0.4, -0.2) is 52.6 Å². The van der Waals surface area contributed by atoms with Gasteiger partial charge in [0.05, 0.1) is 0 Å². The maximum absolute atomic E-state index is 14.1. The van der Waals surface area contributed by atoms with E-state index in [0.29, 0.717) is 25.3 Å². The Labute approximate surface area is 180 Å². The Balaban J connectivity index is 1.60. The summed E-state index contributed by atoms with van der Waals surface area (Å²) in [6.45, 7) is 5.74. The first-order chi connectivity index (χ1) is 14.7. The van der Waals surface area contributed by atoms with Gasteiger partial charge in [0.2, 0.25) is 10.0 Å². The largest absolute Gasteiger partial charge is 0.369 e. The third-order valence-corrected chi connectivity index (χ3v) is 7.80. The van der Waals surface area contributed by atoms with E-state index in [4.69, 9.17) is 0 Å². The zero-order valence-electron chi connectivity index (χ0n) is 17.6. The Morgan fingerprint density at radius 1 is 0.968 bits per heavy atom. The first-order valence-corrected chi connectivity index (χ1v) is 11.9. The van der Waals surface area contributed by atoms with Crippen molar-refractivity contribution in [2.75, 3.05) is 38.1 Å². The van der Waals surface area contributed by atoms with Gasteiger partial charge in [-0.2, -0.15) is 0 Å². The summed E-state index contributed by atoms with van der Waals surface area (Å²) in [5.41, 5.74) is 4.61. The molecular formula is C22H26F3N3O2S. The molecule has 0 aromatic heterocycles. The second-order valence-corrected chi connectivity index (χ2v) is 10.1. The molecule has 1 aliphatic carbocycles. The van der Waals surface area contributed by atoms with Crippen LogP contribution in [-0.2, 0) is 22.9 Å². The molecule has 1 fully saturated rings. The molecule has 0 spiro atoms. The predicted octanol–water partition coefficient (Wildman–Crippen LogP) is 3.00. The minimum Gasteiger partial charge on any atom is -0.369 e. The van der Waals surface area contributed by atoms with E-state index in [2.05, 4.69) is 33.7 Å². The van der Waals surface area contributed by atoms with Crippen LogP contribution in [0.15, 0.2) is 29.2 Å². The van der Waals surface area contributed by atoms with Crippen LogP contribution in [0.3, 0.4) is 0 Å². The average molecular weight is 454 g/mol. The maximum atomic E-state index is 14.1. The topological polar surface area (TPSA) is 52.6 Å². The highest BCUT2D eigenvalue weighted by atomic mass is 32.2. The summed E-state index contributed by atoms with van der Waals surface area (Å²) in [7, 11) is -2.25. The summed E-state index contributed by atoms with van der Waals surface area (Å²) in [5, 5.41) is 0. The molecular weight excluding hydrogens is 427 g/mol. The molecule has 0 radical (unpaired) electrons. The van der Waals surface area contributed by atoms with Crippen molar-refractivity contribution in [1.29, 1.82) is 0 Å². The van der Waals surface area contributed by atoms with Gasteiger partial charge in [-0.25, -0.2) is 26.3 Å². The molecule has 1 heterocycles. The summed E-state index contributed by atoms with van der Waals surface area (Å²) < 4.78 is 68.8. The van der Waals surface area contributed by atoms with Crippen LogP contribution in [0.1, 0.15) is 23.1 Å². The van der Waals surface area contributed by atoms with Crippen molar-refractivity contribution < 1.29 is 21.6 Å². The quantitative estimate of drug-likeness (QED) is 0.724. The molecule has 0 unspecified atom stereocenters. The third-order valence-electron chi connectivity index (χ3n) is 6.26. The molecule has 4 rings (SSSR count). The molecule has 2 aliphatic rings. The fourth-order valence-electron chi connectivity index (χ4n) is 4.48. The van der Waals surface area contributed by atoms with Crippen LogP contribution >= 0.6 is 0 Å². The van der Waals surface area contributed by atoms with E-state index in [-0.39, 0.29) is 6.07 Å². The molecule has 168 valence electrons. The van der Waals surface area contributed by atoms with Crippen LogP contribution in [0.25, 0.3) is 0 Å². The zero-order valence-corrected chi connectivity index (χ0v) is 18.4. The van der Waals surface area contributed by atoms with Crippen molar-refractivity contribution in [3.05, 3.63) is 58.4 Å². The highest BCUT2D eigenvalue weighted by Crippen LogP contribution is 2.34. The van der Waals surface area contributed by atoms with Crippen molar-refractivity contribution in [2.45, 2.75) is 37.1 Å². The van der Waals surface area contributed by atoms with E-state index in [9.17, 15) is 21.6 Å². The lowest BCUT2D eigenvalue weighted by molar-refractivity contribution is 0.312. The fraction of sp³-hybridized carbons (Fsp3) is 0.455. The van der Waals surface area contributed by atoms with E-state index >= 15 is 0 Å². The number of rotatable bonds is 4. The van der Waals surface area contributed by atoms with Gasteiger partial charge in [-0.1, -0.05) is 6.07 Å². The van der Waals surface area contributed by atoms with Crippen molar-refractivity contribution in [1.82, 2.24) is 9.62 Å². The Morgan fingerprint density at radius 3 is 2.35 bits per heavy atom. The summed E-state index contributed by atoms with van der Waals surface area (Å²) in [6.07, 6.45) is 1.70. The van der Waals surface area contributed by atoms with Gasteiger partial charge < -0.3 is 9.80 Å². The summed E-state index contributed by atoms with van der Waals surface area (Å²) in [6, 6.07) is 4.38. The van der Waals surface area contributed by atoms with Crippen LogP contribution in [0.2, 0.25) is 0 Å². The van der Waals surface area contributed by atoms with E-state index in [1.165, 1.54) is 11.1 Å². The molecule has 1 atom stereocenters. The number of hydrogen-bond donors (Lipinski definition) is 1. The van der Waals surface area contributed by atoms with Crippen molar-refractivity contribution in [3.8, 4) is 0 Å². The molecule has 1 aliphatic heterocycles. The van der Waals surface area contributed by atoms with E-state index < -0.39 is 38.4 Å². The lowest BCUT2D eigenvalue weighted by Crippen LogP contribution is -2.45. The first-order valence-electron chi connectivity index (χ1n) is 10.4. The monoisotopic (exact) mass is 453 g/mol. The Kier molecular flexibility index (Phi) is 6.02. The van der Waals surface area contributed by atoms with E-state index in [1.807, 2.05) is 6.92 Å². The number of nitrogens with zero attached hydrogens (tertiary/aromatic N) is 2. The highest BCUT2D eigenvalue weighted by Gasteiger charge is 2.30. The standard InChI is InChI=1S/C22H26F3N3O2S/c1-14-3-6-21(28-9-7-27(2)8-10-28)17-11-15(4-5-16(14)17)26-31(29,30)22-13-19(24)18(23)12-20(22)25/h3,6,12-13,15,26H,4-5,7-11H2,1-2H3/t15-/m1/s1. The van der Waals surface area contributed by atoms with Crippen LogP contribution in [0, 0.1) is 24.4 Å². The second-order valence-electron chi connectivity index (χ2n) is 8.41. The molecule has 1 N–H and O–H groups in total. The fourth-order valence-corrected chi connectivity index (χ4v) is 5.82. The van der Waals surface area contributed by atoms with Gasteiger partial charge in [0.15, 0.2) is 11.6 Å². The van der Waals surface area contributed by atoms with E-state index in [0.717, 1.165) is 37.4 Å². The number of halogens is 3. The first kappa shape index (κ1) is 22.1. The van der Waals surface area contributed by atoms with Gasteiger partial charge in [0, 0.05) is 44.0 Å². The summed E-state index contributed by atoms with van der Waals surface area (Å²) in [4.78, 5) is 3.72. The van der Waals surface area contributed by atoms with Crippen molar-refractivity contribution in [2.24, 2.45) is 0 Å². The second kappa shape index (κ2) is 8.44. The molecule has 0 saturated carbocycles. The van der Waals surface area contributed by atoms with E-state index in [1.54, 1.807) is 0 Å². The molecule has 0 bridgehead atoms. The average Bonchev–Trinajstić information content (AvgIpc) is 2.71. The molecule has 0 amide bonds. The molecule has 5 nitrogen and oxygen atoms in total. The van der Waals surface area contributed by atoms with Gasteiger partial charge in [-0.3, -0.25) is 0 Å². The Hall–Kier alpha value is -2.10. The number of aryl methyl sites for hydroxylation is 1. The van der Waals surface area contributed by atoms with Crippen LogP contribution < -0.4 is 9.62 Å². The normalized spacial score (nSPS) is 20.0. The molecule has 31 heavy (non-hydrogen) atoms. The number of nitrogens with one attached hydrogen (secondary N) is 1. The molecule has 2 aromatic rings. The van der Waals surface area contributed by atoms with Gasteiger partial charge >= 0.3 is 0 Å². The molecule has 9 heteroatoms. The smallest absolute Gasteiger partial charge is 0.243 e. The van der Waals surface area contributed by atoms with Gasteiger partial charge in [0.1, 0.15) is 10.7 Å². The summed E-state index contributed by atoms with van der Waals surface area (Å²) in [5.74, 6) is -4.13. The van der Waals surface area contributed by atoms with Gasteiger partial charge in [-0.05, 0) is 62.1 Å². The maximum Gasteiger partial charge on any atom is 0.243 e. The minimum atomic E-state index is -4.34. The SMILES string of the molecule is Cc1ccc(N2CCN(C)CC2)c2c1CC[C@@H](NS(=O)(=O)c1cc(F)c(F)cc1F)C2. The summed E-state index contributed by atoms with van der Waals surface area (Å²) >= 11 is 0. The van der Waals surface area contributed by atoms with Gasteiger partial charge in [0.25, 0.3) is 0 Å². The number of likely N-dealkylation sites (N-methyl/N-ethyl adjacent to an activating group) is 1. The predicted molar refractivity (Wildman–Crippen MR) is 113 cm³/mol. The molecule has 2 aromatic carbocycles. The number of anilines is 1. The number of benzene rings is 2.